The fourth-order valence-corrected chi connectivity index (χ4v) is 4.71. The summed E-state index contributed by atoms with van der Waals surface area (Å²) in [7, 11) is -1.49. The molecule has 0 saturated heterocycles. The molecule has 0 saturated carbocycles. The quantitative estimate of drug-likeness (QED) is 0.257. The van der Waals surface area contributed by atoms with Crippen molar-refractivity contribution in [2.75, 3.05) is 25.1 Å². The summed E-state index contributed by atoms with van der Waals surface area (Å²) in [4.78, 5) is 22.7. The molecule has 0 aliphatic rings. The molecular formula is C23H22N4O7S. The van der Waals surface area contributed by atoms with Crippen molar-refractivity contribution in [2.24, 2.45) is 5.10 Å². The van der Waals surface area contributed by atoms with E-state index in [0.29, 0.717) is 17.1 Å². The summed E-state index contributed by atoms with van der Waals surface area (Å²) in [5.74, 6) is 0.230. The van der Waals surface area contributed by atoms with E-state index < -0.39 is 38.0 Å². The van der Waals surface area contributed by atoms with Gasteiger partial charge in [0.2, 0.25) is 0 Å². The molecule has 12 heteroatoms. The summed E-state index contributed by atoms with van der Waals surface area (Å²) < 4.78 is 38.0. The van der Waals surface area contributed by atoms with E-state index in [1.54, 1.807) is 36.4 Å². The van der Waals surface area contributed by atoms with Crippen molar-refractivity contribution in [3.63, 3.8) is 0 Å². The van der Waals surface area contributed by atoms with Gasteiger partial charge in [-0.1, -0.05) is 30.3 Å². The number of carbonyl (C=O) groups excluding carboxylic acids is 1. The van der Waals surface area contributed by atoms with Gasteiger partial charge >= 0.3 is 0 Å². The van der Waals surface area contributed by atoms with E-state index >= 15 is 0 Å². The molecule has 35 heavy (non-hydrogen) atoms. The molecule has 0 spiro atoms. The number of hydrogen-bond donors (Lipinski definition) is 1. The first kappa shape index (κ1) is 25.2. The number of nitro benzene ring substituents is 1. The number of rotatable bonds is 10. The molecule has 182 valence electrons. The standard InChI is InChI=1S/C23H22N4O7S/c1-33-20-13-12-17(14-21(20)34-2)15-24-25-23(28)16-26(18-8-4-3-5-9-18)35(31,32)22-11-7-6-10-19(22)27(29)30/h3-15H,16H2,1-2H3,(H,25,28)/b24-15-. The van der Waals surface area contributed by atoms with E-state index in [-0.39, 0.29) is 5.69 Å². The predicted molar refractivity (Wildman–Crippen MR) is 129 cm³/mol. The Morgan fingerprint density at radius 2 is 1.69 bits per heavy atom. The topological polar surface area (TPSA) is 140 Å². The van der Waals surface area contributed by atoms with E-state index in [2.05, 4.69) is 10.5 Å². The van der Waals surface area contributed by atoms with E-state index in [4.69, 9.17) is 9.47 Å². The number of nitro groups is 1. The largest absolute Gasteiger partial charge is 0.493 e. The van der Waals surface area contributed by atoms with Crippen LogP contribution in [0.1, 0.15) is 5.56 Å². The predicted octanol–water partition coefficient (Wildman–Crippen LogP) is 2.96. The van der Waals surface area contributed by atoms with Crippen LogP contribution in [0.3, 0.4) is 0 Å². The number of nitrogens with one attached hydrogen (secondary N) is 1. The Morgan fingerprint density at radius 1 is 1.03 bits per heavy atom. The molecular weight excluding hydrogens is 476 g/mol. The molecule has 0 unspecified atom stereocenters. The van der Waals surface area contributed by atoms with Crippen LogP contribution in [0.4, 0.5) is 11.4 Å². The first-order valence-corrected chi connectivity index (χ1v) is 11.6. The summed E-state index contributed by atoms with van der Waals surface area (Å²) in [6.07, 6.45) is 1.35. The number of hydrogen-bond acceptors (Lipinski definition) is 8. The minimum absolute atomic E-state index is 0.157. The van der Waals surface area contributed by atoms with Crippen LogP contribution in [0.25, 0.3) is 0 Å². The smallest absolute Gasteiger partial charge is 0.289 e. The van der Waals surface area contributed by atoms with Crippen molar-refractivity contribution >= 4 is 33.5 Å². The fraction of sp³-hybridized carbons (Fsp3) is 0.130. The number of amides is 1. The Labute approximate surface area is 201 Å². The van der Waals surface area contributed by atoms with Gasteiger partial charge in [0.25, 0.3) is 21.6 Å². The van der Waals surface area contributed by atoms with Gasteiger partial charge in [-0.3, -0.25) is 19.2 Å². The van der Waals surface area contributed by atoms with E-state index in [1.807, 2.05) is 0 Å². The zero-order valence-electron chi connectivity index (χ0n) is 18.8. The normalized spacial score (nSPS) is 11.1. The Hall–Kier alpha value is -4.45. The van der Waals surface area contributed by atoms with Crippen LogP contribution < -0.4 is 19.2 Å². The third kappa shape index (κ3) is 5.92. The van der Waals surface area contributed by atoms with Gasteiger partial charge in [0.1, 0.15) is 6.54 Å². The van der Waals surface area contributed by atoms with Crippen molar-refractivity contribution in [2.45, 2.75) is 4.90 Å². The van der Waals surface area contributed by atoms with Gasteiger partial charge in [0.15, 0.2) is 16.4 Å². The lowest BCUT2D eigenvalue weighted by Gasteiger charge is -2.23. The molecule has 1 amide bonds. The van der Waals surface area contributed by atoms with Crippen LogP contribution in [-0.2, 0) is 14.8 Å². The zero-order valence-corrected chi connectivity index (χ0v) is 19.6. The van der Waals surface area contributed by atoms with Gasteiger partial charge in [0.05, 0.1) is 31.0 Å². The van der Waals surface area contributed by atoms with Crippen LogP contribution in [-0.4, -0.2) is 46.2 Å². The Bertz CT molecular complexity index is 1340. The highest BCUT2D eigenvalue weighted by Crippen LogP contribution is 2.30. The Kier molecular flexibility index (Phi) is 8.00. The first-order chi connectivity index (χ1) is 16.8. The van der Waals surface area contributed by atoms with Crippen molar-refractivity contribution in [3.8, 4) is 11.5 Å². The summed E-state index contributed by atoms with van der Waals surface area (Å²) >= 11 is 0. The van der Waals surface area contributed by atoms with Gasteiger partial charge in [-0.05, 0) is 42.0 Å². The molecule has 0 atom stereocenters. The van der Waals surface area contributed by atoms with Crippen LogP contribution in [0, 0.1) is 10.1 Å². The number of anilines is 1. The highest BCUT2D eigenvalue weighted by Gasteiger charge is 2.33. The number of nitrogens with zero attached hydrogens (tertiary/aromatic N) is 3. The van der Waals surface area contributed by atoms with E-state index in [1.165, 1.54) is 44.7 Å². The van der Waals surface area contributed by atoms with E-state index in [0.717, 1.165) is 16.4 Å². The lowest BCUT2D eigenvalue weighted by Crippen LogP contribution is -2.39. The molecule has 0 aliphatic heterocycles. The lowest BCUT2D eigenvalue weighted by atomic mass is 10.2. The second-order valence-electron chi connectivity index (χ2n) is 6.98. The molecule has 0 aliphatic carbocycles. The van der Waals surface area contributed by atoms with Crippen LogP contribution in [0.15, 0.2) is 82.8 Å². The molecule has 3 aromatic rings. The zero-order chi connectivity index (χ0) is 25.4. The van der Waals surface area contributed by atoms with Crippen molar-refractivity contribution in [3.05, 3.63) is 88.5 Å². The number of carbonyl (C=O) groups is 1. The molecule has 1 N–H and O–H groups in total. The van der Waals surface area contributed by atoms with Gasteiger partial charge in [-0.25, -0.2) is 13.8 Å². The number of benzene rings is 3. The van der Waals surface area contributed by atoms with Crippen LogP contribution >= 0.6 is 0 Å². The Balaban J connectivity index is 1.85. The minimum Gasteiger partial charge on any atom is -0.493 e. The van der Waals surface area contributed by atoms with Crippen LogP contribution in [0.2, 0.25) is 0 Å². The average molecular weight is 499 g/mol. The molecule has 0 bridgehead atoms. The molecule has 11 nitrogen and oxygen atoms in total. The summed E-state index contributed by atoms with van der Waals surface area (Å²) in [6.45, 7) is -0.665. The Morgan fingerprint density at radius 3 is 2.34 bits per heavy atom. The third-order valence-corrected chi connectivity index (χ3v) is 6.59. The van der Waals surface area contributed by atoms with Crippen molar-refractivity contribution in [1.82, 2.24) is 5.43 Å². The maximum atomic E-state index is 13.4. The average Bonchev–Trinajstić information content (AvgIpc) is 2.87. The molecule has 0 radical (unpaired) electrons. The number of sulfonamides is 1. The SMILES string of the molecule is COc1ccc(/C=N\NC(=O)CN(c2ccccc2)S(=O)(=O)c2ccccc2[N+](=O)[O-])cc1OC. The molecule has 0 heterocycles. The molecule has 0 fully saturated rings. The number of methoxy groups -OCH3 is 2. The number of hydrazone groups is 1. The highest BCUT2D eigenvalue weighted by molar-refractivity contribution is 7.93. The van der Waals surface area contributed by atoms with Gasteiger partial charge in [0, 0.05) is 6.07 Å². The summed E-state index contributed by atoms with van der Waals surface area (Å²) in [5, 5.41) is 15.3. The fourth-order valence-electron chi connectivity index (χ4n) is 3.13. The number of ether oxygens (including phenoxy) is 2. The first-order valence-electron chi connectivity index (χ1n) is 10.1. The highest BCUT2D eigenvalue weighted by atomic mass is 32.2. The molecule has 3 rings (SSSR count). The summed E-state index contributed by atoms with van der Waals surface area (Å²) in [5.41, 5.74) is 2.43. The van der Waals surface area contributed by atoms with Gasteiger partial charge in [-0.2, -0.15) is 5.10 Å². The monoisotopic (exact) mass is 498 g/mol. The lowest BCUT2D eigenvalue weighted by molar-refractivity contribution is -0.387. The van der Waals surface area contributed by atoms with E-state index in [9.17, 15) is 23.3 Å². The van der Waals surface area contributed by atoms with Gasteiger partial charge in [-0.15, -0.1) is 0 Å². The maximum absolute atomic E-state index is 13.4. The second-order valence-corrected chi connectivity index (χ2v) is 8.81. The van der Waals surface area contributed by atoms with Crippen LogP contribution in [0.5, 0.6) is 11.5 Å². The third-order valence-electron chi connectivity index (χ3n) is 4.77. The number of para-hydroxylation sites is 2. The van der Waals surface area contributed by atoms with Crippen molar-refractivity contribution in [1.29, 1.82) is 0 Å². The maximum Gasteiger partial charge on any atom is 0.289 e. The van der Waals surface area contributed by atoms with Crippen molar-refractivity contribution < 1.29 is 27.6 Å². The second kappa shape index (κ2) is 11.1. The minimum atomic E-state index is -4.47. The molecule has 3 aromatic carbocycles. The molecule has 0 aromatic heterocycles. The van der Waals surface area contributed by atoms with Gasteiger partial charge < -0.3 is 9.47 Å². The summed E-state index contributed by atoms with van der Waals surface area (Å²) in [6, 6.07) is 17.7.